The van der Waals surface area contributed by atoms with Crippen LogP contribution in [0.15, 0.2) is 36.4 Å². The first kappa shape index (κ1) is 14.0. The van der Waals surface area contributed by atoms with Gasteiger partial charge in [0, 0.05) is 12.6 Å². The Labute approximate surface area is 128 Å². The summed E-state index contributed by atoms with van der Waals surface area (Å²) in [6.07, 6.45) is 0. The molecule has 108 valence electrons. The fourth-order valence-corrected chi connectivity index (χ4v) is 2.71. The lowest BCUT2D eigenvalue weighted by Crippen LogP contribution is -1.98. The Bertz CT molecular complexity index is 866. The molecule has 2 aromatic carbocycles. The van der Waals surface area contributed by atoms with E-state index in [4.69, 9.17) is 0 Å². The topological polar surface area (TPSA) is 67.4 Å². The van der Waals surface area contributed by atoms with Crippen LogP contribution in [0.1, 0.15) is 16.7 Å². The Balaban J connectivity index is 2.35. The lowest BCUT2D eigenvalue weighted by Gasteiger charge is -2.14. The van der Waals surface area contributed by atoms with Crippen LogP contribution in [0.4, 0.5) is 0 Å². The average Bonchev–Trinajstić information content (AvgIpc) is 2.93. The number of hydrogen-bond acceptors (Lipinski definition) is 4. The van der Waals surface area contributed by atoms with E-state index in [0.29, 0.717) is 11.4 Å². The van der Waals surface area contributed by atoms with Crippen LogP contribution in [0.5, 0.6) is 0 Å². The molecule has 3 rings (SSSR count). The lowest BCUT2D eigenvalue weighted by atomic mass is 9.91. The van der Waals surface area contributed by atoms with E-state index in [-0.39, 0.29) is 0 Å². The van der Waals surface area contributed by atoms with Crippen LogP contribution in [0, 0.1) is 25.2 Å². The van der Waals surface area contributed by atoms with E-state index in [1.165, 1.54) is 0 Å². The molecule has 0 bridgehead atoms. The Morgan fingerprint density at radius 1 is 1.05 bits per heavy atom. The van der Waals surface area contributed by atoms with Gasteiger partial charge in [0.1, 0.15) is 0 Å². The van der Waals surface area contributed by atoms with E-state index in [9.17, 15) is 5.26 Å². The first-order chi connectivity index (χ1) is 10.6. The number of rotatable bonds is 2. The molecule has 0 amide bonds. The van der Waals surface area contributed by atoms with Crippen molar-refractivity contribution >= 4 is 0 Å². The molecule has 0 N–H and O–H groups in total. The molecule has 3 aromatic rings. The summed E-state index contributed by atoms with van der Waals surface area (Å²) < 4.78 is 1.64. The summed E-state index contributed by atoms with van der Waals surface area (Å²) >= 11 is 0. The van der Waals surface area contributed by atoms with E-state index in [1.807, 2.05) is 25.2 Å². The predicted molar refractivity (Wildman–Crippen MR) is 83.9 cm³/mol. The third-order valence-electron chi connectivity index (χ3n) is 3.76. The monoisotopic (exact) mass is 289 g/mol. The molecule has 22 heavy (non-hydrogen) atoms. The van der Waals surface area contributed by atoms with E-state index < -0.39 is 0 Å². The molecule has 0 unspecified atom stereocenters. The SMILES string of the molecule is Cc1cccc(C)c1-c1cc(C#N)ccc1-c1nnnn1C. The average molecular weight is 289 g/mol. The van der Waals surface area contributed by atoms with Crippen LogP contribution >= 0.6 is 0 Å². The second-order valence-electron chi connectivity index (χ2n) is 5.27. The van der Waals surface area contributed by atoms with Crippen molar-refractivity contribution in [3.05, 3.63) is 53.1 Å². The standard InChI is InChI=1S/C17H15N5/c1-11-5-4-6-12(2)16(11)15-9-13(10-18)7-8-14(15)17-19-20-21-22(17)3/h4-9H,1-3H3. The Kier molecular flexibility index (Phi) is 3.43. The first-order valence-corrected chi connectivity index (χ1v) is 6.95. The Hall–Kier alpha value is -3.00. The van der Waals surface area contributed by atoms with Crippen molar-refractivity contribution < 1.29 is 0 Å². The zero-order valence-electron chi connectivity index (χ0n) is 12.7. The summed E-state index contributed by atoms with van der Waals surface area (Å²) in [4.78, 5) is 0. The largest absolute Gasteiger partial charge is 0.229 e. The van der Waals surface area contributed by atoms with Gasteiger partial charge in [0.15, 0.2) is 5.82 Å². The van der Waals surface area contributed by atoms with Crippen molar-refractivity contribution in [2.24, 2.45) is 7.05 Å². The van der Waals surface area contributed by atoms with Gasteiger partial charge in [-0.2, -0.15) is 5.26 Å². The lowest BCUT2D eigenvalue weighted by molar-refractivity contribution is 0.715. The number of aromatic nitrogens is 4. The third kappa shape index (κ3) is 2.25. The quantitative estimate of drug-likeness (QED) is 0.727. The van der Waals surface area contributed by atoms with Crippen LogP contribution in [0.25, 0.3) is 22.5 Å². The summed E-state index contributed by atoms with van der Waals surface area (Å²) in [7, 11) is 1.81. The van der Waals surface area contributed by atoms with E-state index in [2.05, 4.69) is 47.6 Å². The normalized spacial score (nSPS) is 10.5. The maximum atomic E-state index is 9.23. The highest BCUT2D eigenvalue weighted by Gasteiger charge is 2.16. The number of benzene rings is 2. The summed E-state index contributed by atoms with van der Waals surface area (Å²) in [5, 5.41) is 21.0. The van der Waals surface area contributed by atoms with Crippen molar-refractivity contribution in [1.29, 1.82) is 5.26 Å². The highest BCUT2D eigenvalue weighted by atomic mass is 15.5. The smallest absolute Gasteiger partial charge is 0.182 e. The molecule has 0 spiro atoms. The van der Waals surface area contributed by atoms with Crippen molar-refractivity contribution in [2.75, 3.05) is 0 Å². The summed E-state index contributed by atoms with van der Waals surface area (Å²) in [5.74, 6) is 0.683. The third-order valence-corrected chi connectivity index (χ3v) is 3.76. The van der Waals surface area contributed by atoms with E-state index in [0.717, 1.165) is 27.8 Å². The predicted octanol–water partition coefficient (Wildman–Crippen LogP) is 3.03. The van der Waals surface area contributed by atoms with Gasteiger partial charge in [-0.3, -0.25) is 0 Å². The van der Waals surface area contributed by atoms with Crippen molar-refractivity contribution in [3.8, 4) is 28.6 Å². The molecule has 5 nitrogen and oxygen atoms in total. The molecule has 0 saturated heterocycles. The molecule has 1 aromatic heterocycles. The molecule has 0 radical (unpaired) electrons. The number of aryl methyl sites for hydroxylation is 3. The van der Waals surface area contributed by atoms with Crippen molar-refractivity contribution in [1.82, 2.24) is 20.2 Å². The first-order valence-electron chi connectivity index (χ1n) is 6.95. The molecule has 1 heterocycles. The van der Waals surface area contributed by atoms with Gasteiger partial charge >= 0.3 is 0 Å². The summed E-state index contributed by atoms with van der Waals surface area (Å²) in [6, 6.07) is 14.0. The van der Waals surface area contributed by atoms with E-state index in [1.54, 1.807) is 10.7 Å². The van der Waals surface area contributed by atoms with Gasteiger partial charge in [0.05, 0.1) is 11.6 Å². The van der Waals surface area contributed by atoms with Crippen LogP contribution in [0.2, 0.25) is 0 Å². The zero-order valence-corrected chi connectivity index (χ0v) is 12.7. The van der Waals surface area contributed by atoms with Gasteiger partial charge in [-0.1, -0.05) is 18.2 Å². The minimum atomic E-state index is 0.622. The summed E-state index contributed by atoms with van der Waals surface area (Å²) in [5.41, 5.74) is 5.96. The fourth-order valence-electron chi connectivity index (χ4n) is 2.71. The second-order valence-corrected chi connectivity index (χ2v) is 5.27. The molecule has 0 aliphatic carbocycles. The maximum Gasteiger partial charge on any atom is 0.182 e. The zero-order chi connectivity index (χ0) is 15.7. The highest BCUT2D eigenvalue weighted by molar-refractivity contribution is 5.84. The van der Waals surface area contributed by atoms with Crippen LogP contribution in [0.3, 0.4) is 0 Å². The number of hydrogen-bond donors (Lipinski definition) is 0. The molecule has 0 fully saturated rings. The molecule has 0 atom stereocenters. The van der Waals surface area contributed by atoms with Gasteiger partial charge in [0.25, 0.3) is 0 Å². The molecule has 0 aliphatic heterocycles. The number of nitrogens with zero attached hydrogens (tertiary/aromatic N) is 5. The van der Waals surface area contributed by atoms with Gasteiger partial charge in [-0.05, 0) is 64.7 Å². The molecule has 0 aliphatic rings. The van der Waals surface area contributed by atoms with E-state index >= 15 is 0 Å². The Morgan fingerprint density at radius 3 is 2.36 bits per heavy atom. The van der Waals surface area contributed by atoms with Gasteiger partial charge in [-0.25, -0.2) is 4.68 Å². The van der Waals surface area contributed by atoms with Crippen molar-refractivity contribution in [3.63, 3.8) is 0 Å². The van der Waals surface area contributed by atoms with Gasteiger partial charge in [-0.15, -0.1) is 5.10 Å². The minimum Gasteiger partial charge on any atom is -0.229 e. The maximum absolute atomic E-state index is 9.23. The van der Waals surface area contributed by atoms with Gasteiger partial charge in [0.2, 0.25) is 0 Å². The van der Waals surface area contributed by atoms with Crippen LogP contribution in [-0.4, -0.2) is 20.2 Å². The minimum absolute atomic E-state index is 0.622. The number of tetrazole rings is 1. The van der Waals surface area contributed by atoms with Crippen molar-refractivity contribution in [2.45, 2.75) is 13.8 Å². The highest BCUT2D eigenvalue weighted by Crippen LogP contribution is 2.35. The Morgan fingerprint density at radius 2 is 1.77 bits per heavy atom. The summed E-state index contributed by atoms with van der Waals surface area (Å²) in [6.45, 7) is 4.14. The molecular formula is C17H15N5. The molecule has 5 heteroatoms. The molecule has 0 saturated carbocycles. The molecular weight excluding hydrogens is 274 g/mol. The van der Waals surface area contributed by atoms with Crippen LogP contribution in [-0.2, 0) is 7.05 Å². The van der Waals surface area contributed by atoms with Gasteiger partial charge < -0.3 is 0 Å². The van der Waals surface area contributed by atoms with Crippen LogP contribution < -0.4 is 0 Å². The number of nitriles is 1. The second kappa shape index (κ2) is 5.41. The fraction of sp³-hybridized carbons (Fsp3) is 0.176.